The number of hydrogen-bond donors (Lipinski definition) is 2. The zero-order chi connectivity index (χ0) is 18.8. The first-order valence-corrected chi connectivity index (χ1v) is 10.5. The van der Waals surface area contributed by atoms with Crippen molar-refractivity contribution in [2.75, 3.05) is 18.5 Å². The van der Waals surface area contributed by atoms with Gasteiger partial charge in [-0.25, -0.2) is 13.8 Å². The average Bonchev–Trinajstić information content (AvgIpc) is 3.05. The summed E-state index contributed by atoms with van der Waals surface area (Å²) in [5, 5.41) is 3.49. The van der Waals surface area contributed by atoms with Crippen molar-refractivity contribution in [2.45, 2.75) is 55.3 Å². The van der Waals surface area contributed by atoms with Gasteiger partial charge in [-0.15, -0.1) is 0 Å². The Morgan fingerprint density at radius 1 is 1.26 bits per heavy atom. The Labute approximate surface area is 160 Å². The molecule has 8 heteroatoms. The Kier molecular flexibility index (Phi) is 5.63. The summed E-state index contributed by atoms with van der Waals surface area (Å²) < 4.78 is 33.7. The first-order chi connectivity index (χ1) is 13.1. The maximum Gasteiger partial charge on any atom is 0.261 e. The highest BCUT2D eigenvalue weighted by molar-refractivity contribution is 7.99. The van der Waals surface area contributed by atoms with E-state index in [-0.39, 0.29) is 11.4 Å². The van der Waals surface area contributed by atoms with Crippen LogP contribution in [-0.4, -0.2) is 40.6 Å². The van der Waals surface area contributed by atoms with Gasteiger partial charge in [0.2, 0.25) is 0 Å². The number of thioether (sulfide) groups is 1. The summed E-state index contributed by atoms with van der Waals surface area (Å²) in [5.74, 6) is 0.454. The predicted octanol–water partition coefficient (Wildman–Crippen LogP) is 3.78. The number of anilines is 1. The molecule has 27 heavy (non-hydrogen) atoms. The van der Waals surface area contributed by atoms with E-state index in [1.807, 2.05) is 0 Å². The molecule has 4 rings (SSSR count). The highest BCUT2D eigenvalue weighted by Gasteiger charge is 2.27. The standard InChI is InChI=1S/C19H23F2N3O2S/c20-13-2-1-3-15(13)22-11-8-14(21)18-16(9-11)23-17(24-19(18)25)10-27-12-4-6-26-7-5-12/h8-9,12-13,15,22H,1-7,10H2,(H,23,24,25)/t13-,15-/m0/s1. The van der Waals surface area contributed by atoms with E-state index in [9.17, 15) is 13.6 Å². The molecule has 1 aromatic heterocycles. The van der Waals surface area contributed by atoms with Crippen LogP contribution in [0.15, 0.2) is 16.9 Å². The van der Waals surface area contributed by atoms with E-state index in [1.54, 1.807) is 17.8 Å². The molecule has 0 amide bonds. The number of benzene rings is 1. The topological polar surface area (TPSA) is 67.0 Å². The molecule has 2 aliphatic rings. The van der Waals surface area contributed by atoms with Gasteiger partial charge in [0, 0.05) is 24.2 Å². The van der Waals surface area contributed by atoms with Crippen molar-refractivity contribution in [2.24, 2.45) is 0 Å². The molecule has 1 saturated carbocycles. The minimum Gasteiger partial charge on any atom is -0.381 e. The molecule has 1 aliphatic carbocycles. The normalized spacial score (nSPS) is 23.8. The fourth-order valence-electron chi connectivity index (χ4n) is 3.75. The molecular formula is C19H23F2N3O2S. The third-order valence-electron chi connectivity index (χ3n) is 5.22. The first kappa shape index (κ1) is 18.7. The van der Waals surface area contributed by atoms with Crippen LogP contribution in [-0.2, 0) is 10.5 Å². The summed E-state index contributed by atoms with van der Waals surface area (Å²) in [7, 11) is 0. The van der Waals surface area contributed by atoms with E-state index in [1.165, 1.54) is 6.07 Å². The van der Waals surface area contributed by atoms with Crippen molar-refractivity contribution in [3.8, 4) is 0 Å². The summed E-state index contributed by atoms with van der Waals surface area (Å²) in [6, 6.07) is 2.58. The van der Waals surface area contributed by atoms with E-state index in [4.69, 9.17) is 4.74 Å². The van der Waals surface area contributed by atoms with Crippen LogP contribution >= 0.6 is 11.8 Å². The molecule has 2 heterocycles. The van der Waals surface area contributed by atoms with Crippen LogP contribution in [0.1, 0.15) is 37.9 Å². The van der Waals surface area contributed by atoms with Gasteiger partial charge in [0.25, 0.3) is 5.56 Å². The zero-order valence-electron chi connectivity index (χ0n) is 15.0. The molecule has 2 aromatic rings. The number of halogens is 2. The SMILES string of the molecule is O=c1[nH]c(CSC2CCOCC2)nc2cc(N[C@H]3CCC[C@@H]3F)cc(F)c12. The molecule has 1 aliphatic heterocycles. The quantitative estimate of drug-likeness (QED) is 0.807. The Hall–Kier alpha value is -1.67. The number of rotatable bonds is 5. The second-order valence-corrected chi connectivity index (χ2v) is 8.47. The van der Waals surface area contributed by atoms with Crippen LogP contribution in [0.25, 0.3) is 10.9 Å². The molecule has 5 nitrogen and oxygen atoms in total. The molecule has 146 valence electrons. The Bertz CT molecular complexity index is 870. The number of aromatic nitrogens is 2. The molecule has 0 radical (unpaired) electrons. The average molecular weight is 395 g/mol. The number of nitrogens with one attached hydrogen (secondary N) is 2. The molecular weight excluding hydrogens is 372 g/mol. The van der Waals surface area contributed by atoms with E-state index in [0.717, 1.165) is 38.9 Å². The lowest BCUT2D eigenvalue weighted by Gasteiger charge is -2.21. The van der Waals surface area contributed by atoms with Gasteiger partial charge in [0.15, 0.2) is 0 Å². The number of fused-ring (bicyclic) bond motifs is 1. The molecule has 1 saturated heterocycles. The lowest BCUT2D eigenvalue weighted by atomic mass is 10.1. The third-order valence-corrected chi connectivity index (χ3v) is 6.60. The van der Waals surface area contributed by atoms with Crippen LogP contribution < -0.4 is 10.9 Å². The van der Waals surface area contributed by atoms with Crippen molar-refractivity contribution in [3.63, 3.8) is 0 Å². The molecule has 2 fully saturated rings. The highest BCUT2D eigenvalue weighted by atomic mass is 32.2. The summed E-state index contributed by atoms with van der Waals surface area (Å²) in [5.41, 5.74) is 0.295. The van der Waals surface area contributed by atoms with Gasteiger partial charge in [-0.3, -0.25) is 4.79 Å². The fraction of sp³-hybridized carbons (Fsp3) is 0.579. The summed E-state index contributed by atoms with van der Waals surface area (Å²) in [4.78, 5) is 19.5. The van der Waals surface area contributed by atoms with Gasteiger partial charge in [0.1, 0.15) is 23.2 Å². The number of H-pyrrole nitrogens is 1. The van der Waals surface area contributed by atoms with E-state index in [2.05, 4.69) is 15.3 Å². The highest BCUT2D eigenvalue weighted by Crippen LogP contribution is 2.28. The van der Waals surface area contributed by atoms with E-state index < -0.39 is 17.5 Å². The van der Waals surface area contributed by atoms with Crippen LogP contribution in [0, 0.1) is 5.82 Å². The Morgan fingerprint density at radius 2 is 2.07 bits per heavy atom. The second-order valence-electron chi connectivity index (χ2n) is 7.19. The Morgan fingerprint density at radius 3 is 2.81 bits per heavy atom. The van der Waals surface area contributed by atoms with Gasteiger partial charge < -0.3 is 15.0 Å². The number of alkyl halides is 1. The minimum atomic E-state index is -0.928. The van der Waals surface area contributed by atoms with Crippen LogP contribution in [0.5, 0.6) is 0 Å². The molecule has 2 atom stereocenters. The first-order valence-electron chi connectivity index (χ1n) is 9.42. The monoisotopic (exact) mass is 395 g/mol. The Balaban J connectivity index is 1.56. The fourth-order valence-corrected chi connectivity index (χ4v) is 4.81. The largest absolute Gasteiger partial charge is 0.381 e. The van der Waals surface area contributed by atoms with Gasteiger partial charge in [0.05, 0.1) is 17.3 Å². The molecule has 2 N–H and O–H groups in total. The lowest BCUT2D eigenvalue weighted by Crippen LogP contribution is -2.25. The summed E-state index contributed by atoms with van der Waals surface area (Å²) >= 11 is 1.73. The second kappa shape index (κ2) is 8.14. The third kappa shape index (κ3) is 4.27. The number of nitrogens with zero attached hydrogens (tertiary/aromatic N) is 1. The minimum absolute atomic E-state index is 0.0522. The molecule has 0 spiro atoms. The molecule has 0 unspecified atom stereocenters. The van der Waals surface area contributed by atoms with Crippen LogP contribution in [0.3, 0.4) is 0 Å². The maximum absolute atomic E-state index is 14.5. The maximum atomic E-state index is 14.5. The van der Waals surface area contributed by atoms with Crippen molar-refractivity contribution in [1.82, 2.24) is 9.97 Å². The van der Waals surface area contributed by atoms with Gasteiger partial charge in [-0.1, -0.05) is 0 Å². The smallest absolute Gasteiger partial charge is 0.261 e. The molecule has 0 bridgehead atoms. The van der Waals surface area contributed by atoms with Gasteiger partial charge in [-0.05, 0) is 44.2 Å². The lowest BCUT2D eigenvalue weighted by molar-refractivity contribution is 0.1000. The van der Waals surface area contributed by atoms with Gasteiger partial charge in [-0.2, -0.15) is 11.8 Å². The van der Waals surface area contributed by atoms with Crippen molar-refractivity contribution in [3.05, 3.63) is 34.1 Å². The van der Waals surface area contributed by atoms with Crippen molar-refractivity contribution >= 4 is 28.4 Å². The predicted molar refractivity (Wildman–Crippen MR) is 104 cm³/mol. The molecule has 1 aromatic carbocycles. The number of hydrogen-bond acceptors (Lipinski definition) is 5. The number of aromatic amines is 1. The van der Waals surface area contributed by atoms with Crippen molar-refractivity contribution in [1.29, 1.82) is 0 Å². The van der Waals surface area contributed by atoms with Crippen LogP contribution in [0.4, 0.5) is 14.5 Å². The summed E-state index contributed by atoms with van der Waals surface area (Å²) in [6.07, 6.45) is 3.10. The van der Waals surface area contributed by atoms with E-state index >= 15 is 0 Å². The zero-order valence-corrected chi connectivity index (χ0v) is 15.8. The van der Waals surface area contributed by atoms with E-state index in [0.29, 0.717) is 34.5 Å². The van der Waals surface area contributed by atoms with Gasteiger partial charge >= 0.3 is 0 Å². The van der Waals surface area contributed by atoms with Crippen LogP contribution in [0.2, 0.25) is 0 Å². The van der Waals surface area contributed by atoms with Crippen molar-refractivity contribution < 1.29 is 13.5 Å². The summed E-state index contributed by atoms with van der Waals surface area (Å²) in [6.45, 7) is 1.52. The number of ether oxygens (including phenoxy) is 1.